The third kappa shape index (κ3) is 3.54. The first-order valence-electron chi connectivity index (χ1n) is 5.74. The largest absolute Gasteiger partial charge is 0.100 e. The molecular formula is C13H24. The molecule has 0 amide bonds. The van der Waals surface area contributed by atoms with Crippen molar-refractivity contribution in [3.63, 3.8) is 0 Å². The molecule has 0 aromatic heterocycles. The van der Waals surface area contributed by atoms with Crippen LogP contribution in [0, 0.1) is 17.8 Å². The SMILES string of the molecule is C=C(C)CCC1CCC(C)C(C)C1. The standard InChI is InChI=1S/C13H24/c1-10(2)5-7-13-8-6-11(3)12(4)9-13/h11-13H,1,5-9H2,2-4H3. The van der Waals surface area contributed by atoms with Gasteiger partial charge in [-0.2, -0.15) is 0 Å². The van der Waals surface area contributed by atoms with Gasteiger partial charge in [0.05, 0.1) is 0 Å². The number of rotatable bonds is 3. The summed E-state index contributed by atoms with van der Waals surface area (Å²) in [4.78, 5) is 0. The maximum Gasteiger partial charge on any atom is -0.0323 e. The van der Waals surface area contributed by atoms with Crippen LogP contribution in [-0.2, 0) is 0 Å². The minimum absolute atomic E-state index is 0.948. The van der Waals surface area contributed by atoms with Crippen LogP contribution in [0.1, 0.15) is 52.9 Å². The molecule has 1 saturated carbocycles. The maximum atomic E-state index is 3.97. The maximum absolute atomic E-state index is 3.97. The van der Waals surface area contributed by atoms with Crippen molar-refractivity contribution in [2.45, 2.75) is 52.9 Å². The van der Waals surface area contributed by atoms with E-state index in [1.807, 2.05) is 0 Å². The van der Waals surface area contributed by atoms with Crippen molar-refractivity contribution < 1.29 is 0 Å². The summed E-state index contributed by atoms with van der Waals surface area (Å²) in [6.07, 6.45) is 6.98. The van der Waals surface area contributed by atoms with E-state index in [1.165, 1.54) is 37.7 Å². The van der Waals surface area contributed by atoms with E-state index in [9.17, 15) is 0 Å². The van der Waals surface area contributed by atoms with E-state index >= 15 is 0 Å². The molecule has 0 aliphatic heterocycles. The van der Waals surface area contributed by atoms with Crippen LogP contribution < -0.4 is 0 Å². The molecule has 1 aliphatic rings. The summed E-state index contributed by atoms with van der Waals surface area (Å²) in [6.45, 7) is 10.9. The average molecular weight is 180 g/mol. The highest BCUT2D eigenvalue weighted by atomic mass is 14.3. The molecule has 0 saturated heterocycles. The Balaban J connectivity index is 2.25. The Morgan fingerprint density at radius 2 is 1.92 bits per heavy atom. The molecule has 0 N–H and O–H groups in total. The van der Waals surface area contributed by atoms with Crippen LogP contribution in [0.15, 0.2) is 12.2 Å². The summed E-state index contributed by atoms with van der Waals surface area (Å²) in [5.41, 5.74) is 1.35. The summed E-state index contributed by atoms with van der Waals surface area (Å²) in [5.74, 6) is 2.90. The molecule has 1 aliphatic carbocycles. The molecule has 0 spiro atoms. The molecule has 76 valence electrons. The van der Waals surface area contributed by atoms with Crippen molar-refractivity contribution in [3.8, 4) is 0 Å². The first kappa shape index (κ1) is 10.8. The fourth-order valence-electron chi connectivity index (χ4n) is 2.37. The zero-order chi connectivity index (χ0) is 9.84. The second kappa shape index (κ2) is 4.83. The fourth-order valence-corrected chi connectivity index (χ4v) is 2.37. The van der Waals surface area contributed by atoms with Gasteiger partial charge in [-0.25, -0.2) is 0 Å². The van der Waals surface area contributed by atoms with E-state index in [2.05, 4.69) is 27.4 Å². The summed E-state index contributed by atoms with van der Waals surface area (Å²) in [6, 6.07) is 0. The number of hydrogen-bond donors (Lipinski definition) is 0. The van der Waals surface area contributed by atoms with Gasteiger partial charge < -0.3 is 0 Å². The summed E-state index contributed by atoms with van der Waals surface area (Å²) < 4.78 is 0. The summed E-state index contributed by atoms with van der Waals surface area (Å²) >= 11 is 0. The Hall–Kier alpha value is -0.260. The monoisotopic (exact) mass is 180 g/mol. The van der Waals surface area contributed by atoms with Gasteiger partial charge in [0.2, 0.25) is 0 Å². The number of allylic oxidation sites excluding steroid dienone is 1. The second-order valence-corrected chi connectivity index (χ2v) is 5.13. The van der Waals surface area contributed by atoms with E-state index in [1.54, 1.807) is 0 Å². The zero-order valence-electron chi connectivity index (χ0n) is 9.47. The Morgan fingerprint density at radius 3 is 2.46 bits per heavy atom. The van der Waals surface area contributed by atoms with Gasteiger partial charge in [0, 0.05) is 0 Å². The van der Waals surface area contributed by atoms with E-state index < -0.39 is 0 Å². The quantitative estimate of drug-likeness (QED) is 0.564. The average Bonchev–Trinajstić information content (AvgIpc) is 2.07. The van der Waals surface area contributed by atoms with Gasteiger partial charge in [-0.1, -0.05) is 32.3 Å². The summed E-state index contributed by atoms with van der Waals surface area (Å²) in [7, 11) is 0. The molecule has 0 bridgehead atoms. The normalized spacial score (nSPS) is 34.5. The van der Waals surface area contributed by atoms with Crippen LogP contribution in [0.5, 0.6) is 0 Å². The van der Waals surface area contributed by atoms with Crippen molar-refractivity contribution in [2.75, 3.05) is 0 Å². The molecule has 1 fully saturated rings. The first-order chi connectivity index (χ1) is 6.09. The van der Waals surface area contributed by atoms with Crippen molar-refractivity contribution >= 4 is 0 Å². The van der Waals surface area contributed by atoms with Crippen molar-refractivity contribution in [1.29, 1.82) is 0 Å². The third-order valence-corrected chi connectivity index (χ3v) is 3.69. The second-order valence-electron chi connectivity index (χ2n) is 5.13. The molecule has 0 heterocycles. The Labute approximate surface area is 83.4 Å². The van der Waals surface area contributed by atoms with Gasteiger partial charge in [-0.05, 0) is 43.9 Å². The van der Waals surface area contributed by atoms with E-state index in [4.69, 9.17) is 0 Å². The van der Waals surface area contributed by atoms with Gasteiger partial charge in [0.1, 0.15) is 0 Å². The molecule has 0 nitrogen and oxygen atoms in total. The van der Waals surface area contributed by atoms with Crippen molar-refractivity contribution in [2.24, 2.45) is 17.8 Å². The lowest BCUT2D eigenvalue weighted by Crippen LogP contribution is -2.20. The molecule has 3 atom stereocenters. The minimum atomic E-state index is 0.948. The van der Waals surface area contributed by atoms with Crippen LogP contribution in [0.3, 0.4) is 0 Å². The Bertz CT molecular complexity index is 169. The zero-order valence-corrected chi connectivity index (χ0v) is 9.47. The van der Waals surface area contributed by atoms with Gasteiger partial charge in [-0.3, -0.25) is 0 Å². The number of hydrogen-bond acceptors (Lipinski definition) is 0. The summed E-state index contributed by atoms with van der Waals surface area (Å²) in [5, 5.41) is 0. The van der Waals surface area contributed by atoms with E-state index in [0.717, 1.165) is 17.8 Å². The van der Waals surface area contributed by atoms with Gasteiger partial charge in [0.25, 0.3) is 0 Å². The van der Waals surface area contributed by atoms with Gasteiger partial charge in [0.15, 0.2) is 0 Å². The molecule has 0 aromatic rings. The van der Waals surface area contributed by atoms with Crippen LogP contribution >= 0.6 is 0 Å². The highest BCUT2D eigenvalue weighted by Gasteiger charge is 2.23. The highest BCUT2D eigenvalue weighted by Crippen LogP contribution is 2.35. The molecule has 0 radical (unpaired) electrons. The van der Waals surface area contributed by atoms with Crippen LogP contribution in [0.25, 0.3) is 0 Å². The topological polar surface area (TPSA) is 0 Å². The van der Waals surface area contributed by atoms with Crippen molar-refractivity contribution in [3.05, 3.63) is 12.2 Å². The molecular weight excluding hydrogens is 156 g/mol. The Kier molecular flexibility index (Phi) is 4.02. The minimum Gasteiger partial charge on any atom is -0.100 e. The Morgan fingerprint density at radius 1 is 1.23 bits per heavy atom. The fraction of sp³-hybridized carbons (Fsp3) is 0.846. The molecule has 0 aromatic carbocycles. The predicted molar refractivity (Wildman–Crippen MR) is 59.7 cm³/mol. The molecule has 0 heteroatoms. The highest BCUT2D eigenvalue weighted by molar-refractivity contribution is 4.89. The predicted octanol–water partition coefficient (Wildman–Crippen LogP) is 4.42. The van der Waals surface area contributed by atoms with Crippen molar-refractivity contribution in [1.82, 2.24) is 0 Å². The lowest BCUT2D eigenvalue weighted by atomic mass is 9.74. The first-order valence-corrected chi connectivity index (χ1v) is 5.74. The molecule has 1 rings (SSSR count). The van der Waals surface area contributed by atoms with Crippen LogP contribution in [-0.4, -0.2) is 0 Å². The van der Waals surface area contributed by atoms with E-state index in [0.29, 0.717) is 0 Å². The lowest BCUT2D eigenvalue weighted by molar-refractivity contribution is 0.200. The van der Waals surface area contributed by atoms with E-state index in [-0.39, 0.29) is 0 Å². The van der Waals surface area contributed by atoms with Crippen LogP contribution in [0.2, 0.25) is 0 Å². The lowest BCUT2D eigenvalue weighted by Gasteiger charge is -2.32. The van der Waals surface area contributed by atoms with Gasteiger partial charge >= 0.3 is 0 Å². The van der Waals surface area contributed by atoms with Gasteiger partial charge in [-0.15, -0.1) is 6.58 Å². The third-order valence-electron chi connectivity index (χ3n) is 3.69. The molecule has 13 heavy (non-hydrogen) atoms. The molecule has 3 unspecified atom stereocenters. The van der Waals surface area contributed by atoms with Crippen LogP contribution in [0.4, 0.5) is 0 Å². The smallest absolute Gasteiger partial charge is 0.0323 e.